The monoisotopic (exact) mass is 375 g/mol. The van der Waals surface area contributed by atoms with Gasteiger partial charge in [0.2, 0.25) is 0 Å². The van der Waals surface area contributed by atoms with Crippen LogP contribution in [0.15, 0.2) is 54.6 Å². The Hall–Kier alpha value is -2.60. The molecule has 2 N–H and O–H groups in total. The molecule has 4 rings (SSSR count). The molecule has 0 atom stereocenters. The van der Waals surface area contributed by atoms with Crippen LogP contribution in [-0.4, -0.2) is 48.5 Å². The highest BCUT2D eigenvalue weighted by Crippen LogP contribution is 2.26. The van der Waals surface area contributed by atoms with E-state index >= 15 is 0 Å². The van der Waals surface area contributed by atoms with Gasteiger partial charge in [-0.15, -0.1) is 0 Å². The van der Waals surface area contributed by atoms with Gasteiger partial charge in [0.1, 0.15) is 0 Å². The molecule has 0 radical (unpaired) electrons. The van der Waals surface area contributed by atoms with Gasteiger partial charge in [0.25, 0.3) is 0 Å². The van der Waals surface area contributed by atoms with E-state index in [1.54, 1.807) is 0 Å². The van der Waals surface area contributed by atoms with Gasteiger partial charge in [0.05, 0.1) is 31.0 Å². The summed E-state index contributed by atoms with van der Waals surface area (Å²) in [6.45, 7) is 4.46. The fourth-order valence-electron chi connectivity index (χ4n) is 3.62. The lowest BCUT2D eigenvalue weighted by Crippen LogP contribution is -2.35. The molecule has 2 heterocycles. The summed E-state index contributed by atoms with van der Waals surface area (Å²) < 4.78 is 5.48. The van der Waals surface area contributed by atoms with Crippen molar-refractivity contribution in [2.45, 2.75) is 13.0 Å². The number of benzene rings is 2. The SMILES string of the molecule is NCC(=O)Cc1ccc(-c2cc(CN3CCOCC3)c3ccccc3n2)cc1. The third-order valence-electron chi connectivity index (χ3n) is 5.18. The number of rotatable bonds is 6. The first-order valence-electron chi connectivity index (χ1n) is 9.73. The first kappa shape index (κ1) is 18.7. The predicted molar refractivity (Wildman–Crippen MR) is 111 cm³/mol. The average molecular weight is 375 g/mol. The first-order valence-corrected chi connectivity index (χ1v) is 9.73. The Morgan fingerprint density at radius 1 is 1.07 bits per heavy atom. The van der Waals surface area contributed by atoms with Crippen molar-refractivity contribution in [1.29, 1.82) is 0 Å². The third-order valence-corrected chi connectivity index (χ3v) is 5.18. The zero-order chi connectivity index (χ0) is 19.3. The van der Waals surface area contributed by atoms with E-state index < -0.39 is 0 Å². The summed E-state index contributed by atoms with van der Waals surface area (Å²) in [5.41, 5.74) is 10.7. The summed E-state index contributed by atoms with van der Waals surface area (Å²) in [6.07, 6.45) is 0.379. The van der Waals surface area contributed by atoms with Crippen LogP contribution in [0.25, 0.3) is 22.2 Å². The number of Topliss-reactive ketones (excluding diaryl/α,β-unsaturated/α-hetero) is 1. The van der Waals surface area contributed by atoms with E-state index in [1.807, 2.05) is 30.3 Å². The van der Waals surface area contributed by atoms with Gasteiger partial charge < -0.3 is 10.5 Å². The summed E-state index contributed by atoms with van der Waals surface area (Å²) in [5, 5.41) is 1.20. The van der Waals surface area contributed by atoms with E-state index in [2.05, 4.69) is 29.2 Å². The molecule has 1 fully saturated rings. The number of para-hydroxylation sites is 1. The lowest BCUT2D eigenvalue weighted by Gasteiger charge is -2.27. The van der Waals surface area contributed by atoms with Crippen molar-refractivity contribution in [2.75, 3.05) is 32.8 Å². The predicted octanol–water partition coefficient (Wildman–Crippen LogP) is 2.80. The van der Waals surface area contributed by atoms with E-state index in [0.717, 1.165) is 55.2 Å². The summed E-state index contributed by atoms with van der Waals surface area (Å²) in [4.78, 5) is 18.9. The van der Waals surface area contributed by atoms with Gasteiger partial charge in [-0.2, -0.15) is 0 Å². The molecular formula is C23H25N3O2. The topological polar surface area (TPSA) is 68.5 Å². The highest BCUT2D eigenvalue weighted by Gasteiger charge is 2.14. The van der Waals surface area contributed by atoms with Crippen LogP contribution in [0, 0.1) is 0 Å². The lowest BCUT2D eigenvalue weighted by atomic mass is 10.0. The molecule has 1 saturated heterocycles. The number of morpholine rings is 1. The Morgan fingerprint density at radius 2 is 1.82 bits per heavy atom. The largest absolute Gasteiger partial charge is 0.379 e. The minimum Gasteiger partial charge on any atom is -0.379 e. The van der Waals surface area contributed by atoms with Crippen molar-refractivity contribution in [1.82, 2.24) is 9.88 Å². The standard InChI is InChI=1S/C23H25N3O2/c24-15-20(27)13-17-5-7-18(8-6-17)23-14-19(16-26-9-11-28-12-10-26)21-3-1-2-4-22(21)25-23/h1-8,14H,9-13,15-16,24H2. The molecule has 0 aliphatic carbocycles. The number of nitrogens with zero attached hydrogens (tertiary/aromatic N) is 2. The molecule has 28 heavy (non-hydrogen) atoms. The number of carbonyl (C=O) groups is 1. The van der Waals surface area contributed by atoms with E-state index in [9.17, 15) is 4.79 Å². The second kappa shape index (κ2) is 8.61. The number of nitrogens with two attached hydrogens (primary N) is 1. The number of carbonyl (C=O) groups excluding carboxylic acids is 1. The van der Waals surface area contributed by atoms with Gasteiger partial charge in [-0.1, -0.05) is 42.5 Å². The minimum atomic E-state index is 0.0457. The van der Waals surface area contributed by atoms with Crippen molar-refractivity contribution in [2.24, 2.45) is 5.73 Å². The molecule has 0 amide bonds. The van der Waals surface area contributed by atoms with Crippen LogP contribution >= 0.6 is 0 Å². The Balaban J connectivity index is 1.66. The molecule has 3 aromatic rings. The van der Waals surface area contributed by atoms with Gasteiger partial charge in [-0.25, -0.2) is 4.98 Å². The second-order valence-electron chi connectivity index (χ2n) is 7.19. The molecule has 0 unspecified atom stereocenters. The molecule has 2 aromatic carbocycles. The molecule has 0 spiro atoms. The van der Waals surface area contributed by atoms with Crippen LogP contribution in [0.1, 0.15) is 11.1 Å². The zero-order valence-electron chi connectivity index (χ0n) is 15.9. The van der Waals surface area contributed by atoms with Crippen LogP contribution in [-0.2, 0) is 22.5 Å². The van der Waals surface area contributed by atoms with Crippen molar-refractivity contribution in [3.05, 3.63) is 65.7 Å². The van der Waals surface area contributed by atoms with E-state index in [-0.39, 0.29) is 12.3 Å². The Morgan fingerprint density at radius 3 is 2.57 bits per heavy atom. The number of hydrogen-bond donors (Lipinski definition) is 1. The Bertz CT molecular complexity index is 963. The number of aromatic nitrogens is 1. The first-order chi connectivity index (χ1) is 13.7. The molecule has 5 nitrogen and oxygen atoms in total. The van der Waals surface area contributed by atoms with E-state index in [1.165, 1.54) is 10.9 Å². The molecule has 0 saturated carbocycles. The van der Waals surface area contributed by atoms with E-state index in [0.29, 0.717) is 6.42 Å². The van der Waals surface area contributed by atoms with E-state index in [4.69, 9.17) is 15.5 Å². The van der Waals surface area contributed by atoms with Gasteiger partial charge in [-0.05, 0) is 23.3 Å². The van der Waals surface area contributed by atoms with Gasteiger partial charge in [0.15, 0.2) is 5.78 Å². The van der Waals surface area contributed by atoms with Crippen LogP contribution in [0.4, 0.5) is 0 Å². The maximum Gasteiger partial charge on any atom is 0.150 e. The zero-order valence-corrected chi connectivity index (χ0v) is 15.9. The fourth-order valence-corrected chi connectivity index (χ4v) is 3.62. The average Bonchev–Trinajstić information content (AvgIpc) is 2.75. The molecule has 144 valence electrons. The molecule has 0 bridgehead atoms. The second-order valence-corrected chi connectivity index (χ2v) is 7.19. The molecular weight excluding hydrogens is 350 g/mol. The third kappa shape index (κ3) is 4.28. The summed E-state index contributed by atoms with van der Waals surface area (Å²) >= 11 is 0. The number of ether oxygens (including phenoxy) is 1. The van der Waals surface area contributed by atoms with Gasteiger partial charge in [0, 0.05) is 37.0 Å². The molecule has 1 aromatic heterocycles. The number of ketones is 1. The summed E-state index contributed by atoms with van der Waals surface area (Å²) in [6, 6.07) is 18.5. The molecule has 1 aliphatic heterocycles. The van der Waals surface area contributed by atoms with Gasteiger partial charge >= 0.3 is 0 Å². The summed E-state index contributed by atoms with van der Waals surface area (Å²) in [7, 11) is 0. The normalized spacial score (nSPS) is 15.0. The minimum absolute atomic E-state index is 0.0457. The highest BCUT2D eigenvalue weighted by molar-refractivity contribution is 5.85. The number of fused-ring (bicyclic) bond motifs is 1. The lowest BCUT2D eigenvalue weighted by molar-refractivity contribution is -0.117. The molecule has 1 aliphatic rings. The smallest absolute Gasteiger partial charge is 0.150 e. The highest BCUT2D eigenvalue weighted by atomic mass is 16.5. The maximum atomic E-state index is 11.6. The Labute approximate surface area is 165 Å². The van der Waals surface area contributed by atoms with Crippen LogP contribution < -0.4 is 5.73 Å². The number of hydrogen-bond acceptors (Lipinski definition) is 5. The van der Waals surface area contributed by atoms with Crippen LogP contribution in [0.5, 0.6) is 0 Å². The fraction of sp³-hybridized carbons (Fsp3) is 0.304. The van der Waals surface area contributed by atoms with Crippen molar-refractivity contribution >= 4 is 16.7 Å². The summed E-state index contributed by atoms with van der Waals surface area (Å²) in [5.74, 6) is 0.0457. The van der Waals surface area contributed by atoms with Gasteiger partial charge in [-0.3, -0.25) is 9.69 Å². The van der Waals surface area contributed by atoms with Crippen LogP contribution in [0.2, 0.25) is 0 Å². The number of pyridine rings is 1. The van der Waals surface area contributed by atoms with Crippen molar-refractivity contribution in [3.63, 3.8) is 0 Å². The maximum absolute atomic E-state index is 11.6. The Kier molecular flexibility index (Phi) is 5.76. The van der Waals surface area contributed by atoms with Crippen LogP contribution in [0.3, 0.4) is 0 Å². The molecule has 5 heteroatoms. The van der Waals surface area contributed by atoms with Crippen molar-refractivity contribution in [3.8, 4) is 11.3 Å². The quantitative estimate of drug-likeness (QED) is 0.718. The van der Waals surface area contributed by atoms with Crippen molar-refractivity contribution < 1.29 is 9.53 Å².